The predicted octanol–water partition coefficient (Wildman–Crippen LogP) is 4.46. The van der Waals surface area contributed by atoms with E-state index >= 15 is 0 Å². The van der Waals surface area contributed by atoms with Crippen LogP contribution in [0.15, 0.2) is 27.8 Å². The number of methoxy groups -OCH3 is 1. The lowest BCUT2D eigenvalue weighted by Crippen LogP contribution is -2.52. The lowest BCUT2D eigenvalue weighted by Gasteiger charge is -2.30. The lowest BCUT2D eigenvalue weighted by molar-refractivity contribution is -0.146. The second kappa shape index (κ2) is 10.7. The minimum absolute atomic E-state index is 0.100. The van der Waals surface area contributed by atoms with Crippen molar-refractivity contribution in [1.29, 1.82) is 5.26 Å². The largest absolute Gasteiger partial charge is 0.496 e. The predicted molar refractivity (Wildman–Crippen MR) is 140 cm³/mol. The third-order valence-corrected chi connectivity index (χ3v) is 8.41. The third kappa shape index (κ3) is 4.86. The van der Waals surface area contributed by atoms with Gasteiger partial charge in [0.15, 0.2) is 0 Å². The van der Waals surface area contributed by atoms with E-state index in [9.17, 15) is 29.1 Å². The number of carboxylic acids is 1. The van der Waals surface area contributed by atoms with E-state index in [2.05, 4.69) is 6.07 Å². The van der Waals surface area contributed by atoms with Gasteiger partial charge in [-0.1, -0.05) is 19.3 Å². The number of hydrogen-bond donors (Lipinski definition) is 1. The van der Waals surface area contributed by atoms with E-state index in [1.165, 1.54) is 43.7 Å². The number of fused-ring (bicyclic) bond motifs is 1. The van der Waals surface area contributed by atoms with Crippen LogP contribution in [0.1, 0.15) is 68.1 Å². The Morgan fingerprint density at radius 2 is 1.97 bits per heavy atom. The van der Waals surface area contributed by atoms with Crippen molar-refractivity contribution in [1.82, 2.24) is 9.13 Å². The van der Waals surface area contributed by atoms with E-state index in [0.29, 0.717) is 21.4 Å². The van der Waals surface area contributed by atoms with Gasteiger partial charge in [0.1, 0.15) is 39.0 Å². The van der Waals surface area contributed by atoms with Gasteiger partial charge in [-0.15, -0.1) is 11.3 Å². The molecular formula is C27H30FN3O6S. The number of ether oxygens (including phenoxy) is 2. The van der Waals surface area contributed by atoms with Crippen molar-refractivity contribution in [3.05, 3.63) is 60.9 Å². The number of carboxylic acid groups (broad SMARTS) is 1. The number of halogens is 1. The molecule has 0 aliphatic heterocycles. The fraction of sp³-hybridized carbons (Fsp3) is 0.481. The molecule has 1 aliphatic carbocycles. The smallest absolute Gasteiger partial charge is 0.333 e. The second-order valence-corrected chi connectivity index (χ2v) is 11.0. The van der Waals surface area contributed by atoms with Crippen LogP contribution >= 0.6 is 11.3 Å². The summed E-state index contributed by atoms with van der Waals surface area (Å²) in [4.78, 5) is 40.0. The van der Waals surface area contributed by atoms with Crippen molar-refractivity contribution in [2.75, 3.05) is 7.11 Å². The van der Waals surface area contributed by atoms with Gasteiger partial charge in [0.05, 0.1) is 25.1 Å². The Morgan fingerprint density at radius 3 is 2.58 bits per heavy atom. The summed E-state index contributed by atoms with van der Waals surface area (Å²) in [5.41, 5.74) is -2.75. The number of carbonyl (C=O) groups is 1. The van der Waals surface area contributed by atoms with E-state index in [1.807, 2.05) is 0 Å². The summed E-state index contributed by atoms with van der Waals surface area (Å²) in [6.45, 7) is 3.99. The van der Waals surface area contributed by atoms with Gasteiger partial charge in [-0.25, -0.2) is 18.5 Å². The molecule has 2 heterocycles. The van der Waals surface area contributed by atoms with Crippen LogP contribution in [0.25, 0.3) is 10.2 Å². The molecule has 0 saturated heterocycles. The van der Waals surface area contributed by atoms with E-state index in [0.717, 1.165) is 43.4 Å². The summed E-state index contributed by atoms with van der Waals surface area (Å²) in [5.74, 6) is -1.50. The molecule has 1 atom stereocenters. The monoisotopic (exact) mass is 543 g/mol. The van der Waals surface area contributed by atoms with Crippen molar-refractivity contribution < 1.29 is 23.8 Å². The Bertz CT molecular complexity index is 1540. The molecule has 9 nitrogen and oxygen atoms in total. The molecule has 2 aromatic heterocycles. The fourth-order valence-electron chi connectivity index (χ4n) is 4.97. The number of thiophene rings is 1. The minimum atomic E-state index is -1.87. The number of hydrogen-bond acceptors (Lipinski definition) is 7. The van der Waals surface area contributed by atoms with Gasteiger partial charge in [-0.3, -0.25) is 9.36 Å². The molecule has 38 heavy (non-hydrogen) atoms. The Hall–Kier alpha value is -3.49. The maximum Gasteiger partial charge on any atom is 0.333 e. The highest BCUT2D eigenvalue weighted by Crippen LogP contribution is 2.35. The van der Waals surface area contributed by atoms with Crippen molar-refractivity contribution in [2.45, 2.75) is 77.2 Å². The zero-order valence-electron chi connectivity index (χ0n) is 21.7. The van der Waals surface area contributed by atoms with Gasteiger partial charge >= 0.3 is 11.7 Å². The number of nitriles is 1. The van der Waals surface area contributed by atoms with Gasteiger partial charge in [-0.05, 0) is 57.4 Å². The van der Waals surface area contributed by atoms with Crippen molar-refractivity contribution >= 4 is 27.5 Å². The highest BCUT2D eigenvalue weighted by atomic mass is 32.1. The molecule has 0 bridgehead atoms. The third-order valence-electron chi connectivity index (χ3n) is 7.19. The molecule has 202 valence electrons. The van der Waals surface area contributed by atoms with Crippen LogP contribution in [0.5, 0.6) is 5.75 Å². The van der Waals surface area contributed by atoms with Gasteiger partial charge < -0.3 is 14.6 Å². The SMILES string of the molecule is COc1ccc(F)cc1[C@H](Cn1c(=O)n(C(C)(C)C(=O)O)c(=O)c2c(C)c(C#N)sc21)OC1CCCCC1. The maximum atomic E-state index is 14.4. The summed E-state index contributed by atoms with van der Waals surface area (Å²) in [6.07, 6.45) is 3.69. The van der Waals surface area contributed by atoms with E-state index in [4.69, 9.17) is 9.47 Å². The van der Waals surface area contributed by atoms with E-state index in [-0.39, 0.29) is 27.7 Å². The van der Waals surface area contributed by atoms with Crippen molar-refractivity contribution in [3.8, 4) is 11.8 Å². The fourth-order valence-corrected chi connectivity index (χ4v) is 6.07. The lowest BCUT2D eigenvalue weighted by atomic mass is 9.97. The molecular weight excluding hydrogens is 513 g/mol. The van der Waals surface area contributed by atoms with Crippen LogP contribution in [0.2, 0.25) is 0 Å². The summed E-state index contributed by atoms with van der Waals surface area (Å²) >= 11 is 0.983. The van der Waals surface area contributed by atoms with Gasteiger partial charge in [0.25, 0.3) is 5.56 Å². The minimum Gasteiger partial charge on any atom is -0.496 e. The average molecular weight is 544 g/mol. The Morgan fingerprint density at radius 1 is 1.29 bits per heavy atom. The first-order valence-electron chi connectivity index (χ1n) is 12.4. The maximum absolute atomic E-state index is 14.4. The molecule has 1 aliphatic rings. The van der Waals surface area contributed by atoms with Crippen molar-refractivity contribution in [2.24, 2.45) is 0 Å². The molecule has 4 rings (SSSR count). The average Bonchev–Trinajstić information content (AvgIpc) is 3.22. The Kier molecular flexibility index (Phi) is 7.76. The quantitative estimate of drug-likeness (QED) is 0.445. The highest BCUT2D eigenvalue weighted by Gasteiger charge is 2.36. The van der Waals surface area contributed by atoms with Crippen LogP contribution in [0.4, 0.5) is 4.39 Å². The number of nitrogens with zero attached hydrogens (tertiary/aromatic N) is 3. The normalized spacial score (nSPS) is 15.4. The molecule has 1 fully saturated rings. The van der Waals surface area contributed by atoms with E-state index in [1.54, 1.807) is 6.92 Å². The van der Waals surface area contributed by atoms with Crippen LogP contribution < -0.4 is 16.0 Å². The number of aromatic nitrogens is 2. The van der Waals surface area contributed by atoms with Crippen molar-refractivity contribution in [3.63, 3.8) is 0 Å². The molecule has 11 heteroatoms. The van der Waals surface area contributed by atoms with Crippen LogP contribution in [-0.4, -0.2) is 33.4 Å². The van der Waals surface area contributed by atoms with Crippen LogP contribution in [-0.2, 0) is 21.6 Å². The van der Waals surface area contributed by atoms with E-state index < -0.39 is 34.7 Å². The number of rotatable bonds is 8. The summed E-state index contributed by atoms with van der Waals surface area (Å²) in [7, 11) is 1.45. The number of benzene rings is 1. The second-order valence-electron chi connectivity index (χ2n) is 10.0. The Labute approximate surface area is 222 Å². The molecule has 0 amide bonds. The molecule has 0 unspecified atom stereocenters. The van der Waals surface area contributed by atoms with Gasteiger partial charge in [0, 0.05) is 5.56 Å². The topological polar surface area (TPSA) is 124 Å². The molecule has 0 radical (unpaired) electrons. The van der Waals surface area contributed by atoms with Gasteiger partial charge in [0.2, 0.25) is 0 Å². The highest BCUT2D eigenvalue weighted by molar-refractivity contribution is 7.19. The van der Waals surface area contributed by atoms with Crippen LogP contribution in [0.3, 0.4) is 0 Å². The number of aliphatic carboxylic acids is 1. The molecule has 1 aromatic carbocycles. The first-order chi connectivity index (χ1) is 18.0. The molecule has 1 N–H and O–H groups in total. The Balaban J connectivity index is 1.99. The molecule has 3 aromatic rings. The zero-order valence-corrected chi connectivity index (χ0v) is 22.6. The number of aryl methyl sites for hydroxylation is 1. The first kappa shape index (κ1) is 27.5. The van der Waals surface area contributed by atoms with Crippen LogP contribution in [0, 0.1) is 24.1 Å². The van der Waals surface area contributed by atoms with Gasteiger partial charge in [-0.2, -0.15) is 5.26 Å². The standard InChI is InChI=1S/C27H30FN3O6S/c1-15-21(13-29)38-24-22(15)23(32)31(27(2,3)25(33)34)26(35)30(24)14-20(37-17-8-6-5-7-9-17)18-12-16(28)10-11-19(18)36-4/h10-12,17,20H,5-9,14H2,1-4H3,(H,33,34)/t20-/m0/s1. The summed E-state index contributed by atoms with van der Waals surface area (Å²) in [6, 6.07) is 6.10. The summed E-state index contributed by atoms with van der Waals surface area (Å²) in [5, 5.41) is 19.6. The molecule has 0 spiro atoms. The summed E-state index contributed by atoms with van der Waals surface area (Å²) < 4.78 is 28.4. The first-order valence-corrected chi connectivity index (χ1v) is 13.2. The molecule has 1 saturated carbocycles. The zero-order chi connectivity index (χ0) is 27.8.